The summed E-state index contributed by atoms with van der Waals surface area (Å²) in [6.45, 7) is 0. The van der Waals surface area contributed by atoms with Gasteiger partial charge in [-0.15, -0.1) is 0 Å². The van der Waals surface area contributed by atoms with Crippen LogP contribution in [-0.4, -0.2) is 22.9 Å². The topological polar surface area (TPSA) is 55.0 Å². The summed E-state index contributed by atoms with van der Waals surface area (Å²) in [5.41, 5.74) is 1.94. The van der Waals surface area contributed by atoms with Gasteiger partial charge in [-0.05, 0) is 12.1 Å². The zero-order chi connectivity index (χ0) is 13.2. The van der Waals surface area contributed by atoms with E-state index in [-0.39, 0.29) is 5.78 Å². The molecular formula is C15H12N2O2. The number of aromatic amines is 1. The molecule has 94 valence electrons. The van der Waals surface area contributed by atoms with Crippen LogP contribution in [0.1, 0.15) is 16.1 Å². The van der Waals surface area contributed by atoms with Crippen molar-refractivity contribution >= 4 is 16.7 Å². The first-order valence-corrected chi connectivity index (χ1v) is 5.91. The first kappa shape index (κ1) is 11.5. The highest BCUT2D eigenvalue weighted by molar-refractivity contribution is 6.15. The summed E-state index contributed by atoms with van der Waals surface area (Å²) in [5, 5.41) is 0.900. The molecule has 0 aliphatic carbocycles. The molecule has 3 aromatic rings. The highest BCUT2D eigenvalue weighted by Crippen LogP contribution is 2.20. The Morgan fingerprint density at radius 3 is 2.84 bits per heavy atom. The van der Waals surface area contributed by atoms with Crippen LogP contribution in [0.4, 0.5) is 0 Å². The number of H-pyrrole nitrogens is 1. The van der Waals surface area contributed by atoms with E-state index in [1.807, 2.05) is 24.3 Å². The van der Waals surface area contributed by atoms with Gasteiger partial charge in [0.1, 0.15) is 5.69 Å². The fourth-order valence-corrected chi connectivity index (χ4v) is 2.05. The number of carbonyl (C=O) groups excluding carboxylic acids is 1. The van der Waals surface area contributed by atoms with Gasteiger partial charge in [-0.3, -0.25) is 4.79 Å². The average molecular weight is 252 g/mol. The number of nitrogens with zero attached hydrogens (tertiary/aromatic N) is 1. The number of hydrogen-bond donors (Lipinski definition) is 1. The number of rotatable bonds is 3. The Kier molecular flexibility index (Phi) is 2.76. The first-order valence-electron chi connectivity index (χ1n) is 5.91. The summed E-state index contributed by atoms with van der Waals surface area (Å²) < 4.78 is 5.04. The Hall–Kier alpha value is -2.62. The van der Waals surface area contributed by atoms with E-state index in [4.69, 9.17) is 4.74 Å². The van der Waals surface area contributed by atoms with Crippen LogP contribution in [0.5, 0.6) is 5.88 Å². The van der Waals surface area contributed by atoms with Crippen LogP contribution < -0.4 is 4.74 Å². The largest absolute Gasteiger partial charge is 0.481 e. The summed E-state index contributed by atoms with van der Waals surface area (Å²) in [6, 6.07) is 12.8. The molecule has 0 aliphatic rings. The Morgan fingerprint density at radius 2 is 2.00 bits per heavy atom. The maximum Gasteiger partial charge on any atom is 0.213 e. The van der Waals surface area contributed by atoms with E-state index >= 15 is 0 Å². The van der Waals surface area contributed by atoms with Gasteiger partial charge in [0.25, 0.3) is 0 Å². The van der Waals surface area contributed by atoms with Crippen LogP contribution in [0.25, 0.3) is 10.9 Å². The molecule has 2 aromatic heterocycles. The van der Waals surface area contributed by atoms with E-state index in [0.29, 0.717) is 17.1 Å². The van der Waals surface area contributed by atoms with E-state index < -0.39 is 0 Å². The van der Waals surface area contributed by atoms with Crippen LogP contribution >= 0.6 is 0 Å². The van der Waals surface area contributed by atoms with Gasteiger partial charge in [0.2, 0.25) is 11.7 Å². The number of para-hydroxylation sites is 1. The molecule has 0 fully saturated rings. The number of fused-ring (bicyclic) bond motifs is 1. The van der Waals surface area contributed by atoms with Crippen molar-refractivity contribution in [1.82, 2.24) is 9.97 Å². The fourth-order valence-electron chi connectivity index (χ4n) is 2.05. The average Bonchev–Trinajstić information content (AvgIpc) is 2.90. The van der Waals surface area contributed by atoms with Crippen molar-refractivity contribution in [2.24, 2.45) is 0 Å². The standard InChI is InChI=1S/C15H12N2O2/c1-19-14-8-4-7-13(17-14)15(18)11-9-16-12-6-3-2-5-10(11)12/h2-9,16H,1H3. The molecule has 0 saturated carbocycles. The number of ether oxygens (including phenoxy) is 1. The molecule has 0 saturated heterocycles. The van der Waals surface area contributed by atoms with Crippen LogP contribution in [0.2, 0.25) is 0 Å². The summed E-state index contributed by atoms with van der Waals surface area (Å²) in [5.74, 6) is 0.321. The van der Waals surface area contributed by atoms with Gasteiger partial charge >= 0.3 is 0 Å². The Labute approximate surface area is 110 Å². The normalized spacial score (nSPS) is 10.6. The lowest BCUT2D eigenvalue weighted by molar-refractivity contribution is 0.103. The third-order valence-corrected chi connectivity index (χ3v) is 3.00. The Bertz CT molecular complexity index is 746. The quantitative estimate of drug-likeness (QED) is 0.729. The van der Waals surface area contributed by atoms with Crippen molar-refractivity contribution in [3.63, 3.8) is 0 Å². The first-order chi connectivity index (χ1) is 9.29. The minimum atomic E-state index is -0.114. The molecule has 0 radical (unpaired) electrons. The second kappa shape index (κ2) is 4.57. The molecule has 4 nitrogen and oxygen atoms in total. The van der Waals surface area contributed by atoms with Crippen LogP contribution in [0.3, 0.4) is 0 Å². The molecule has 0 atom stereocenters. The van der Waals surface area contributed by atoms with E-state index in [0.717, 1.165) is 10.9 Å². The molecule has 0 bridgehead atoms. The molecule has 1 N–H and O–H groups in total. The number of benzene rings is 1. The molecule has 0 unspecified atom stereocenters. The SMILES string of the molecule is COc1cccc(C(=O)c2c[nH]c3ccccc23)n1. The summed E-state index contributed by atoms with van der Waals surface area (Å²) >= 11 is 0. The molecule has 4 heteroatoms. The molecule has 0 aliphatic heterocycles. The van der Waals surface area contributed by atoms with Gasteiger partial charge in [-0.1, -0.05) is 24.3 Å². The monoisotopic (exact) mass is 252 g/mol. The Balaban J connectivity index is 2.08. The van der Waals surface area contributed by atoms with Crippen molar-refractivity contribution in [3.05, 3.63) is 59.9 Å². The van der Waals surface area contributed by atoms with Gasteiger partial charge in [0.15, 0.2) is 0 Å². The van der Waals surface area contributed by atoms with Crippen molar-refractivity contribution in [3.8, 4) is 5.88 Å². The van der Waals surface area contributed by atoms with Crippen LogP contribution in [0.15, 0.2) is 48.7 Å². The van der Waals surface area contributed by atoms with Crippen molar-refractivity contribution < 1.29 is 9.53 Å². The minimum absolute atomic E-state index is 0.114. The molecule has 19 heavy (non-hydrogen) atoms. The van der Waals surface area contributed by atoms with E-state index in [1.54, 1.807) is 24.4 Å². The van der Waals surface area contributed by atoms with Gasteiger partial charge < -0.3 is 9.72 Å². The maximum atomic E-state index is 12.5. The number of aromatic nitrogens is 2. The number of nitrogens with one attached hydrogen (secondary N) is 1. The van der Waals surface area contributed by atoms with E-state index in [1.165, 1.54) is 7.11 Å². The highest BCUT2D eigenvalue weighted by Gasteiger charge is 2.15. The summed E-state index contributed by atoms with van der Waals surface area (Å²) in [6.07, 6.45) is 1.72. The molecule has 0 spiro atoms. The lowest BCUT2D eigenvalue weighted by Crippen LogP contribution is -2.04. The second-order valence-electron chi connectivity index (χ2n) is 4.14. The molecular weight excluding hydrogens is 240 g/mol. The number of carbonyl (C=O) groups is 1. The highest BCUT2D eigenvalue weighted by atomic mass is 16.5. The lowest BCUT2D eigenvalue weighted by Gasteiger charge is -2.02. The Morgan fingerprint density at radius 1 is 1.16 bits per heavy atom. The number of pyridine rings is 1. The fraction of sp³-hybridized carbons (Fsp3) is 0.0667. The smallest absolute Gasteiger partial charge is 0.213 e. The minimum Gasteiger partial charge on any atom is -0.481 e. The number of methoxy groups -OCH3 is 1. The predicted octanol–water partition coefficient (Wildman–Crippen LogP) is 2.80. The van der Waals surface area contributed by atoms with Crippen molar-refractivity contribution in [2.45, 2.75) is 0 Å². The lowest BCUT2D eigenvalue weighted by atomic mass is 10.1. The zero-order valence-corrected chi connectivity index (χ0v) is 10.4. The maximum absolute atomic E-state index is 12.5. The van der Waals surface area contributed by atoms with Crippen LogP contribution in [0, 0.1) is 0 Å². The van der Waals surface area contributed by atoms with Gasteiger partial charge in [-0.2, -0.15) is 0 Å². The van der Waals surface area contributed by atoms with Crippen LogP contribution in [-0.2, 0) is 0 Å². The second-order valence-corrected chi connectivity index (χ2v) is 4.14. The predicted molar refractivity (Wildman–Crippen MR) is 72.5 cm³/mol. The van der Waals surface area contributed by atoms with E-state index in [2.05, 4.69) is 9.97 Å². The summed E-state index contributed by atoms with van der Waals surface area (Å²) in [7, 11) is 1.53. The van der Waals surface area contributed by atoms with Crippen molar-refractivity contribution in [2.75, 3.05) is 7.11 Å². The van der Waals surface area contributed by atoms with E-state index in [9.17, 15) is 4.79 Å². The van der Waals surface area contributed by atoms with Gasteiger partial charge in [0.05, 0.1) is 7.11 Å². The molecule has 0 amide bonds. The molecule has 2 heterocycles. The zero-order valence-electron chi connectivity index (χ0n) is 10.4. The van der Waals surface area contributed by atoms with Crippen molar-refractivity contribution in [1.29, 1.82) is 0 Å². The van der Waals surface area contributed by atoms with Gasteiger partial charge in [-0.25, -0.2) is 4.98 Å². The third-order valence-electron chi connectivity index (χ3n) is 3.00. The molecule has 3 rings (SSSR count). The summed E-state index contributed by atoms with van der Waals surface area (Å²) in [4.78, 5) is 19.7. The molecule has 1 aromatic carbocycles. The third kappa shape index (κ3) is 1.97. The number of hydrogen-bond acceptors (Lipinski definition) is 3. The number of ketones is 1. The van der Waals surface area contributed by atoms with Gasteiger partial charge in [0, 0.05) is 28.7 Å².